The van der Waals surface area contributed by atoms with Crippen LogP contribution in [0.1, 0.15) is 42.5 Å². The summed E-state index contributed by atoms with van der Waals surface area (Å²) in [5.41, 5.74) is -0.396. The van der Waals surface area contributed by atoms with Gasteiger partial charge in [0.25, 0.3) is 0 Å². The SMILES string of the molecule is O=C(c1ccccc1)C1(O)C2CC3CC(C2)CC1C3. The number of rotatable bonds is 2. The van der Waals surface area contributed by atoms with Gasteiger partial charge in [0, 0.05) is 5.56 Å². The summed E-state index contributed by atoms with van der Waals surface area (Å²) in [5, 5.41) is 11.2. The largest absolute Gasteiger partial charge is 0.381 e. The molecule has 0 spiro atoms. The highest BCUT2D eigenvalue weighted by Crippen LogP contribution is 2.58. The first-order valence-electron chi connectivity index (χ1n) is 7.50. The molecule has 1 N–H and O–H groups in total. The molecule has 4 fully saturated rings. The topological polar surface area (TPSA) is 37.3 Å². The molecular formula is C17H20O2. The Balaban J connectivity index is 1.72. The average Bonchev–Trinajstić information content (AvgIpc) is 2.44. The molecule has 5 rings (SSSR count). The molecule has 4 aliphatic rings. The van der Waals surface area contributed by atoms with E-state index in [9.17, 15) is 9.90 Å². The van der Waals surface area contributed by atoms with Crippen molar-refractivity contribution in [3.63, 3.8) is 0 Å². The van der Waals surface area contributed by atoms with Crippen LogP contribution >= 0.6 is 0 Å². The van der Waals surface area contributed by atoms with Gasteiger partial charge in [0.05, 0.1) is 0 Å². The van der Waals surface area contributed by atoms with Crippen LogP contribution in [-0.2, 0) is 0 Å². The van der Waals surface area contributed by atoms with Gasteiger partial charge in [-0.3, -0.25) is 4.79 Å². The van der Waals surface area contributed by atoms with Gasteiger partial charge < -0.3 is 5.11 Å². The molecule has 0 unspecified atom stereocenters. The molecule has 4 bridgehead atoms. The molecule has 0 aromatic heterocycles. The molecule has 0 saturated heterocycles. The van der Waals surface area contributed by atoms with Gasteiger partial charge >= 0.3 is 0 Å². The standard InChI is InChI=1S/C17H20O2/c18-16(13-4-2-1-3-5-13)17(19)14-7-11-6-12(9-14)10-15(17)8-11/h1-5,11-12,14-15,19H,6-10H2. The van der Waals surface area contributed by atoms with Crippen LogP contribution < -0.4 is 0 Å². The zero-order valence-electron chi connectivity index (χ0n) is 11.1. The van der Waals surface area contributed by atoms with E-state index in [0.717, 1.165) is 37.5 Å². The number of carbonyl (C=O) groups is 1. The summed E-state index contributed by atoms with van der Waals surface area (Å²) in [4.78, 5) is 12.8. The molecule has 4 saturated carbocycles. The molecule has 19 heavy (non-hydrogen) atoms. The summed E-state index contributed by atoms with van der Waals surface area (Å²) in [6.07, 6.45) is 5.57. The van der Waals surface area contributed by atoms with Crippen LogP contribution in [0.15, 0.2) is 30.3 Å². The second kappa shape index (κ2) is 3.92. The van der Waals surface area contributed by atoms with Crippen molar-refractivity contribution in [3.05, 3.63) is 35.9 Å². The van der Waals surface area contributed by atoms with E-state index in [0.29, 0.717) is 5.56 Å². The van der Waals surface area contributed by atoms with Gasteiger partial charge in [0.15, 0.2) is 5.78 Å². The Bertz CT molecular complexity index is 477. The maximum absolute atomic E-state index is 12.8. The lowest BCUT2D eigenvalue weighted by Crippen LogP contribution is -2.61. The molecular weight excluding hydrogens is 236 g/mol. The van der Waals surface area contributed by atoms with Crippen LogP contribution in [0.2, 0.25) is 0 Å². The van der Waals surface area contributed by atoms with Crippen LogP contribution in [0, 0.1) is 23.7 Å². The lowest BCUT2D eigenvalue weighted by molar-refractivity contribution is -0.143. The fraction of sp³-hybridized carbons (Fsp3) is 0.588. The van der Waals surface area contributed by atoms with E-state index in [1.54, 1.807) is 0 Å². The second-order valence-corrected chi connectivity index (χ2v) is 6.82. The highest BCUT2D eigenvalue weighted by atomic mass is 16.3. The van der Waals surface area contributed by atoms with Gasteiger partial charge in [-0.05, 0) is 55.8 Å². The van der Waals surface area contributed by atoms with Crippen LogP contribution in [-0.4, -0.2) is 16.5 Å². The van der Waals surface area contributed by atoms with Crippen LogP contribution in [0.4, 0.5) is 0 Å². The molecule has 1 aromatic rings. The van der Waals surface area contributed by atoms with Gasteiger partial charge in [-0.1, -0.05) is 30.3 Å². The number of benzene rings is 1. The molecule has 100 valence electrons. The van der Waals surface area contributed by atoms with Crippen molar-refractivity contribution < 1.29 is 9.90 Å². The number of aliphatic hydroxyl groups is 1. The zero-order chi connectivity index (χ0) is 13.0. The molecule has 0 amide bonds. The van der Waals surface area contributed by atoms with E-state index in [1.807, 2.05) is 30.3 Å². The Labute approximate surface area is 113 Å². The minimum absolute atomic E-state index is 0.0260. The number of Topliss-reactive ketones (excluding diaryl/α,β-unsaturated/α-hetero) is 1. The number of carbonyl (C=O) groups excluding carboxylic acids is 1. The molecule has 0 aliphatic heterocycles. The van der Waals surface area contributed by atoms with Crippen molar-refractivity contribution in [2.45, 2.75) is 37.7 Å². The van der Waals surface area contributed by atoms with E-state index in [-0.39, 0.29) is 17.6 Å². The minimum Gasteiger partial charge on any atom is -0.381 e. The van der Waals surface area contributed by atoms with Gasteiger partial charge in [0.2, 0.25) is 0 Å². The fourth-order valence-electron chi connectivity index (χ4n) is 5.09. The zero-order valence-corrected chi connectivity index (χ0v) is 11.1. The molecule has 0 heterocycles. The van der Waals surface area contributed by atoms with Crippen LogP contribution in [0.25, 0.3) is 0 Å². The van der Waals surface area contributed by atoms with Crippen molar-refractivity contribution in [2.24, 2.45) is 23.7 Å². The van der Waals surface area contributed by atoms with Crippen LogP contribution in [0.5, 0.6) is 0 Å². The average molecular weight is 256 g/mol. The van der Waals surface area contributed by atoms with Gasteiger partial charge in [0.1, 0.15) is 5.60 Å². The first-order valence-corrected chi connectivity index (χ1v) is 7.50. The summed E-state index contributed by atoms with van der Waals surface area (Å²) in [6.45, 7) is 0. The van der Waals surface area contributed by atoms with Crippen molar-refractivity contribution in [2.75, 3.05) is 0 Å². The van der Waals surface area contributed by atoms with E-state index in [1.165, 1.54) is 6.42 Å². The molecule has 2 heteroatoms. The molecule has 0 radical (unpaired) electrons. The number of hydrogen-bond donors (Lipinski definition) is 1. The summed E-state index contributed by atoms with van der Waals surface area (Å²) in [5.74, 6) is 1.92. The Kier molecular flexibility index (Phi) is 2.41. The van der Waals surface area contributed by atoms with E-state index < -0.39 is 5.60 Å². The normalized spacial score (nSPS) is 43.4. The smallest absolute Gasteiger partial charge is 0.194 e. The van der Waals surface area contributed by atoms with E-state index >= 15 is 0 Å². The molecule has 4 aliphatic carbocycles. The van der Waals surface area contributed by atoms with Crippen molar-refractivity contribution in [1.82, 2.24) is 0 Å². The van der Waals surface area contributed by atoms with Crippen molar-refractivity contribution in [1.29, 1.82) is 0 Å². The lowest BCUT2D eigenvalue weighted by atomic mass is 9.48. The predicted molar refractivity (Wildman–Crippen MR) is 72.8 cm³/mol. The highest BCUT2D eigenvalue weighted by Gasteiger charge is 2.59. The Hall–Kier alpha value is -1.15. The molecule has 2 nitrogen and oxygen atoms in total. The summed E-state index contributed by atoms with van der Waals surface area (Å²) < 4.78 is 0. The highest BCUT2D eigenvalue weighted by molar-refractivity contribution is 6.03. The van der Waals surface area contributed by atoms with E-state index in [4.69, 9.17) is 0 Å². The van der Waals surface area contributed by atoms with Gasteiger partial charge in [-0.15, -0.1) is 0 Å². The van der Waals surface area contributed by atoms with Crippen LogP contribution in [0.3, 0.4) is 0 Å². The third-order valence-electron chi connectivity index (χ3n) is 5.78. The number of hydrogen-bond acceptors (Lipinski definition) is 2. The quantitative estimate of drug-likeness (QED) is 0.826. The maximum Gasteiger partial charge on any atom is 0.194 e. The lowest BCUT2D eigenvalue weighted by Gasteiger charge is -2.58. The Morgan fingerprint density at radius 1 is 0.947 bits per heavy atom. The summed E-state index contributed by atoms with van der Waals surface area (Å²) >= 11 is 0. The number of ketones is 1. The van der Waals surface area contributed by atoms with E-state index in [2.05, 4.69) is 0 Å². The molecule has 1 aromatic carbocycles. The third-order valence-corrected chi connectivity index (χ3v) is 5.78. The molecule has 0 atom stereocenters. The van der Waals surface area contributed by atoms with Crippen molar-refractivity contribution >= 4 is 5.78 Å². The monoisotopic (exact) mass is 256 g/mol. The second-order valence-electron chi connectivity index (χ2n) is 6.82. The van der Waals surface area contributed by atoms with Crippen molar-refractivity contribution in [3.8, 4) is 0 Å². The van der Waals surface area contributed by atoms with Gasteiger partial charge in [-0.25, -0.2) is 0 Å². The summed E-state index contributed by atoms with van der Waals surface area (Å²) in [6, 6.07) is 9.35. The fourth-order valence-corrected chi connectivity index (χ4v) is 5.09. The third kappa shape index (κ3) is 1.56. The van der Waals surface area contributed by atoms with Gasteiger partial charge in [-0.2, -0.15) is 0 Å². The minimum atomic E-state index is -1.07. The first-order chi connectivity index (χ1) is 9.18. The maximum atomic E-state index is 12.8. The summed E-state index contributed by atoms with van der Waals surface area (Å²) in [7, 11) is 0. The first kappa shape index (κ1) is 11.7. The predicted octanol–water partition coefficient (Wildman–Crippen LogP) is 3.06. The Morgan fingerprint density at radius 3 is 2.00 bits per heavy atom. The Morgan fingerprint density at radius 2 is 1.47 bits per heavy atom.